The van der Waals surface area contributed by atoms with Gasteiger partial charge in [0.15, 0.2) is 0 Å². The summed E-state index contributed by atoms with van der Waals surface area (Å²) in [6, 6.07) is 4.01. The van der Waals surface area contributed by atoms with E-state index in [2.05, 4.69) is 15.9 Å². The Morgan fingerprint density at radius 2 is 2.11 bits per heavy atom. The summed E-state index contributed by atoms with van der Waals surface area (Å²) in [6.45, 7) is 0.0397. The van der Waals surface area contributed by atoms with Gasteiger partial charge in [-0.2, -0.15) is 0 Å². The largest absolute Gasteiger partial charge is 0.481 e. The first-order valence-corrected chi connectivity index (χ1v) is 6.03. The first kappa shape index (κ1) is 15.1. The lowest BCUT2D eigenvalue weighted by Crippen LogP contribution is -2.29. The number of carbonyl (C=O) groups is 2. The van der Waals surface area contributed by atoms with Crippen molar-refractivity contribution in [3.05, 3.63) is 38.3 Å². The van der Waals surface area contributed by atoms with Gasteiger partial charge in [-0.3, -0.25) is 19.7 Å². The second kappa shape index (κ2) is 6.28. The number of aliphatic carboxylic acids is 1. The highest BCUT2D eigenvalue weighted by molar-refractivity contribution is 9.10. The van der Waals surface area contributed by atoms with Gasteiger partial charge in [0.25, 0.3) is 11.6 Å². The smallest absolute Gasteiger partial charge is 0.305 e. The Balaban J connectivity index is 2.91. The van der Waals surface area contributed by atoms with E-state index >= 15 is 0 Å². The minimum absolute atomic E-state index is 0.0397. The van der Waals surface area contributed by atoms with Crippen LogP contribution in [0.1, 0.15) is 16.8 Å². The van der Waals surface area contributed by atoms with Crippen LogP contribution in [-0.4, -0.2) is 40.4 Å². The van der Waals surface area contributed by atoms with E-state index in [-0.39, 0.29) is 28.7 Å². The van der Waals surface area contributed by atoms with Gasteiger partial charge in [0.1, 0.15) is 0 Å². The third-order valence-electron chi connectivity index (χ3n) is 2.40. The van der Waals surface area contributed by atoms with Crippen molar-refractivity contribution in [2.75, 3.05) is 13.6 Å². The van der Waals surface area contributed by atoms with Crippen LogP contribution >= 0.6 is 15.9 Å². The van der Waals surface area contributed by atoms with Crippen LogP contribution in [0.5, 0.6) is 0 Å². The van der Waals surface area contributed by atoms with E-state index in [4.69, 9.17) is 5.11 Å². The molecule has 1 rings (SSSR count). The molecule has 1 aromatic rings. The van der Waals surface area contributed by atoms with Crippen molar-refractivity contribution in [2.45, 2.75) is 6.42 Å². The SMILES string of the molecule is CN(CCC(=O)O)C(=O)c1ccc(Br)c([N+](=O)[O-])c1. The van der Waals surface area contributed by atoms with Gasteiger partial charge < -0.3 is 10.0 Å². The first-order chi connectivity index (χ1) is 8.82. The standard InChI is InChI=1S/C11H11BrN2O5/c1-13(5-4-10(15)16)11(17)7-2-3-8(12)9(6-7)14(18)19/h2-3,6H,4-5H2,1H3,(H,15,16). The molecule has 0 aliphatic carbocycles. The zero-order valence-electron chi connectivity index (χ0n) is 10.00. The molecular formula is C11H11BrN2O5. The van der Waals surface area contributed by atoms with Gasteiger partial charge in [-0.05, 0) is 28.1 Å². The molecular weight excluding hydrogens is 320 g/mol. The maximum Gasteiger partial charge on any atom is 0.305 e. The van der Waals surface area contributed by atoms with Crippen LogP contribution in [0.3, 0.4) is 0 Å². The number of nitro groups is 1. The van der Waals surface area contributed by atoms with Gasteiger partial charge in [-0.25, -0.2) is 0 Å². The van der Waals surface area contributed by atoms with E-state index < -0.39 is 16.8 Å². The highest BCUT2D eigenvalue weighted by Crippen LogP contribution is 2.26. The summed E-state index contributed by atoms with van der Waals surface area (Å²) in [5.74, 6) is -1.47. The number of rotatable bonds is 5. The normalized spacial score (nSPS) is 10.0. The number of benzene rings is 1. The Kier molecular flexibility index (Phi) is 4.99. The number of nitro benzene ring substituents is 1. The summed E-state index contributed by atoms with van der Waals surface area (Å²) < 4.78 is 0.280. The molecule has 1 aromatic carbocycles. The molecule has 19 heavy (non-hydrogen) atoms. The van der Waals surface area contributed by atoms with E-state index in [1.54, 1.807) is 0 Å². The van der Waals surface area contributed by atoms with Crippen molar-refractivity contribution >= 4 is 33.5 Å². The van der Waals surface area contributed by atoms with Crippen molar-refractivity contribution in [2.24, 2.45) is 0 Å². The van der Waals surface area contributed by atoms with Crippen LogP contribution in [0.25, 0.3) is 0 Å². The third kappa shape index (κ3) is 4.02. The topological polar surface area (TPSA) is 101 Å². The van der Waals surface area contributed by atoms with Gasteiger partial charge in [0.05, 0.1) is 15.8 Å². The molecule has 0 unspecified atom stereocenters. The van der Waals surface area contributed by atoms with Gasteiger partial charge >= 0.3 is 5.97 Å². The average Bonchev–Trinajstić information content (AvgIpc) is 2.35. The van der Waals surface area contributed by atoms with Crippen LogP contribution in [-0.2, 0) is 4.79 Å². The molecule has 0 saturated heterocycles. The number of nitrogens with zero attached hydrogens (tertiary/aromatic N) is 2. The Hall–Kier alpha value is -1.96. The lowest BCUT2D eigenvalue weighted by Gasteiger charge is -2.15. The van der Waals surface area contributed by atoms with Crippen molar-refractivity contribution in [1.82, 2.24) is 4.90 Å². The number of carbonyl (C=O) groups excluding carboxylic acids is 1. The molecule has 0 radical (unpaired) electrons. The molecule has 0 aliphatic rings. The summed E-state index contributed by atoms with van der Waals surface area (Å²) >= 11 is 3.02. The molecule has 0 spiro atoms. The van der Waals surface area contributed by atoms with Crippen molar-refractivity contribution < 1.29 is 19.6 Å². The number of hydrogen-bond donors (Lipinski definition) is 1. The fraction of sp³-hybridized carbons (Fsp3) is 0.273. The molecule has 102 valence electrons. The molecule has 7 nitrogen and oxygen atoms in total. The Labute approximate surface area is 117 Å². The summed E-state index contributed by atoms with van der Waals surface area (Å²) in [5.41, 5.74) is -0.0692. The van der Waals surface area contributed by atoms with Crippen LogP contribution in [0, 0.1) is 10.1 Å². The Bertz CT molecular complexity index is 532. The quantitative estimate of drug-likeness (QED) is 0.656. The number of amides is 1. The van der Waals surface area contributed by atoms with E-state index in [0.717, 1.165) is 6.07 Å². The van der Waals surface area contributed by atoms with Crippen LogP contribution in [0.2, 0.25) is 0 Å². The predicted octanol–water partition coefficient (Wildman–Crippen LogP) is 1.90. The highest BCUT2D eigenvalue weighted by Gasteiger charge is 2.18. The predicted molar refractivity (Wildman–Crippen MR) is 70.0 cm³/mol. The zero-order valence-corrected chi connectivity index (χ0v) is 11.6. The van der Waals surface area contributed by atoms with Crippen LogP contribution < -0.4 is 0 Å². The average molecular weight is 331 g/mol. The second-order valence-corrected chi connectivity index (χ2v) is 4.65. The van der Waals surface area contributed by atoms with Gasteiger partial charge in [-0.15, -0.1) is 0 Å². The van der Waals surface area contributed by atoms with Gasteiger partial charge in [0.2, 0.25) is 0 Å². The van der Waals surface area contributed by atoms with E-state index in [0.29, 0.717) is 0 Å². The molecule has 0 aliphatic heterocycles. The van der Waals surface area contributed by atoms with Gasteiger partial charge in [0, 0.05) is 25.2 Å². The molecule has 0 heterocycles. The number of carboxylic acids is 1. The van der Waals surface area contributed by atoms with Crippen LogP contribution in [0.15, 0.2) is 22.7 Å². The van der Waals surface area contributed by atoms with E-state index in [1.165, 1.54) is 24.1 Å². The maximum atomic E-state index is 11.9. The molecule has 1 amide bonds. The second-order valence-electron chi connectivity index (χ2n) is 3.79. The minimum atomic E-state index is -1.01. The molecule has 0 saturated carbocycles. The molecule has 8 heteroatoms. The van der Waals surface area contributed by atoms with Crippen molar-refractivity contribution in [3.8, 4) is 0 Å². The van der Waals surface area contributed by atoms with E-state index in [1.807, 2.05) is 0 Å². The molecule has 1 N–H and O–H groups in total. The van der Waals surface area contributed by atoms with Crippen molar-refractivity contribution in [3.63, 3.8) is 0 Å². The highest BCUT2D eigenvalue weighted by atomic mass is 79.9. The molecule has 0 atom stereocenters. The van der Waals surface area contributed by atoms with E-state index in [9.17, 15) is 19.7 Å². The van der Waals surface area contributed by atoms with Crippen LogP contribution in [0.4, 0.5) is 5.69 Å². The molecule has 0 bridgehead atoms. The first-order valence-electron chi connectivity index (χ1n) is 5.24. The number of hydrogen-bond acceptors (Lipinski definition) is 4. The fourth-order valence-electron chi connectivity index (χ4n) is 1.37. The fourth-order valence-corrected chi connectivity index (χ4v) is 1.76. The molecule has 0 fully saturated rings. The lowest BCUT2D eigenvalue weighted by atomic mass is 10.2. The summed E-state index contributed by atoms with van der Waals surface area (Å²) in [6.07, 6.45) is -0.180. The van der Waals surface area contributed by atoms with Crippen molar-refractivity contribution in [1.29, 1.82) is 0 Å². The minimum Gasteiger partial charge on any atom is -0.481 e. The summed E-state index contributed by atoms with van der Waals surface area (Å²) in [4.78, 5) is 33.7. The Morgan fingerprint density at radius 1 is 1.47 bits per heavy atom. The summed E-state index contributed by atoms with van der Waals surface area (Å²) in [5, 5.41) is 19.3. The number of halogens is 1. The monoisotopic (exact) mass is 330 g/mol. The summed E-state index contributed by atoms with van der Waals surface area (Å²) in [7, 11) is 1.44. The number of carboxylic acid groups (broad SMARTS) is 1. The van der Waals surface area contributed by atoms with Gasteiger partial charge in [-0.1, -0.05) is 0 Å². The zero-order chi connectivity index (χ0) is 14.6. The Morgan fingerprint density at radius 3 is 2.63 bits per heavy atom. The maximum absolute atomic E-state index is 11.9. The third-order valence-corrected chi connectivity index (χ3v) is 3.07. The molecule has 0 aromatic heterocycles. The lowest BCUT2D eigenvalue weighted by molar-refractivity contribution is -0.385.